The van der Waals surface area contributed by atoms with E-state index in [1.165, 1.54) is 6.20 Å². The molecule has 1 amide bonds. The minimum Gasteiger partial charge on any atom is -0.397 e. The number of nitrogens with zero attached hydrogens (tertiary/aromatic N) is 1. The molecule has 0 radical (unpaired) electrons. The molecule has 0 bridgehead atoms. The Hall–Kier alpha value is -1.62. The van der Waals surface area contributed by atoms with Crippen LogP contribution in [-0.4, -0.2) is 24.1 Å². The maximum atomic E-state index is 11.3. The number of nitrogens with one attached hydrogen (secondary N) is 1. The number of carbonyl (C=O) groups excluding carboxylic acids is 1. The van der Waals surface area contributed by atoms with Crippen LogP contribution in [0.4, 0.5) is 11.5 Å². The molecule has 0 unspecified atom stereocenters. The summed E-state index contributed by atoms with van der Waals surface area (Å²) in [6.45, 7) is 2.93. The monoisotopic (exact) mass is 209 g/mol. The van der Waals surface area contributed by atoms with E-state index in [4.69, 9.17) is 10.5 Å². The number of anilines is 2. The summed E-state index contributed by atoms with van der Waals surface area (Å²) < 4.78 is 5.06. The maximum absolute atomic E-state index is 11.3. The Morgan fingerprint density at radius 1 is 1.60 bits per heavy atom. The summed E-state index contributed by atoms with van der Waals surface area (Å²) in [4.78, 5) is 15.3. The van der Waals surface area contributed by atoms with Gasteiger partial charge in [0, 0.05) is 6.61 Å². The number of hydrogen-bond acceptors (Lipinski definition) is 4. The van der Waals surface area contributed by atoms with Crippen LogP contribution in [0.1, 0.15) is 13.3 Å². The first-order valence-corrected chi connectivity index (χ1v) is 4.81. The molecule has 1 rings (SSSR count). The molecular weight excluding hydrogens is 194 g/mol. The van der Waals surface area contributed by atoms with Gasteiger partial charge in [-0.15, -0.1) is 0 Å². The Kier molecular flexibility index (Phi) is 4.56. The molecule has 1 heterocycles. The average molecular weight is 209 g/mol. The zero-order valence-corrected chi connectivity index (χ0v) is 8.69. The van der Waals surface area contributed by atoms with Gasteiger partial charge in [-0.1, -0.05) is 0 Å². The quantitative estimate of drug-likeness (QED) is 0.710. The van der Waals surface area contributed by atoms with E-state index < -0.39 is 0 Å². The number of ether oxygens (including phenoxy) is 1. The predicted octanol–water partition coefficient (Wildman–Crippen LogP) is 1.03. The molecule has 5 heteroatoms. The van der Waals surface area contributed by atoms with Gasteiger partial charge in [-0.2, -0.15) is 0 Å². The van der Waals surface area contributed by atoms with Gasteiger partial charge in [0.25, 0.3) is 0 Å². The van der Waals surface area contributed by atoms with Crippen LogP contribution in [-0.2, 0) is 9.53 Å². The highest BCUT2D eigenvalue weighted by molar-refractivity contribution is 5.89. The number of nitrogen functional groups attached to an aromatic ring is 1. The number of pyridine rings is 1. The van der Waals surface area contributed by atoms with Crippen LogP contribution < -0.4 is 11.1 Å². The molecule has 1 aromatic rings. The molecular formula is C10H15N3O2. The van der Waals surface area contributed by atoms with Crippen molar-refractivity contribution in [2.24, 2.45) is 0 Å². The van der Waals surface area contributed by atoms with Gasteiger partial charge in [0.1, 0.15) is 5.82 Å². The van der Waals surface area contributed by atoms with E-state index in [1.54, 1.807) is 12.1 Å². The second-order valence-corrected chi connectivity index (χ2v) is 2.97. The van der Waals surface area contributed by atoms with E-state index in [9.17, 15) is 4.79 Å². The summed E-state index contributed by atoms with van der Waals surface area (Å²) >= 11 is 0. The molecule has 0 atom stereocenters. The van der Waals surface area contributed by atoms with Gasteiger partial charge in [0.2, 0.25) is 5.91 Å². The largest absolute Gasteiger partial charge is 0.397 e. The van der Waals surface area contributed by atoms with Crippen molar-refractivity contribution < 1.29 is 9.53 Å². The van der Waals surface area contributed by atoms with Crippen LogP contribution in [0.25, 0.3) is 0 Å². The summed E-state index contributed by atoms with van der Waals surface area (Å²) in [5.74, 6) is 0.395. The zero-order valence-electron chi connectivity index (χ0n) is 8.69. The predicted molar refractivity (Wildman–Crippen MR) is 58.4 cm³/mol. The highest BCUT2D eigenvalue weighted by atomic mass is 16.5. The molecule has 82 valence electrons. The van der Waals surface area contributed by atoms with E-state index in [0.717, 1.165) is 0 Å². The van der Waals surface area contributed by atoms with Crippen LogP contribution in [0.15, 0.2) is 18.3 Å². The number of carbonyl (C=O) groups is 1. The highest BCUT2D eigenvalue weighted by Gasteiger charge is 2.02. The molecule has 1 aromatic heterocycles. The van der Waals surface area contributed by atoms with Crippen molar-refractivity contribution >= 4 is 17.4 Å². The molecule has 5 nitrogen and oxygen atoms in total. The van der Waals surface area contributed by atoms with Gasteiger partial charge >= 0.3 is 0 Å². The number of rotatable bonds is 5. The van der Waals surface area contributed by atoms with E-state index in [1.807, 2.05) is 6.92 Å². The van der Waals surface area contributed by atoms with E-state index in [2.05, 4.69) is 10.3 Å². The van der Waals surface area contributed by atoms with Crippen molar-refractivity contribution in [2.75, 3.05) is 24.3 Å². The molecule has 0 aliphatic rings. The van der Waals surface area contributed by atoms with Crippen molar-refractivity contribution in [3.05, 3.63) is 18.3 Å². The van der Waals surface area contributed by atoms with Crippen LogP contribution in [0.3, 0.4) is 0 Å². The third-order valence-corrected chi connectivity index (χ3v) is 1.73. The van der Waals surface area contributed by atoms with Gasteiger partial charge in [0.15, 0.2) is 0 Å². The summed E-state index contributed by atoms with van der Waals surface area (Å²) in [6.07, 6.45) is 1.83. The Labute approximate surface area is 88.6 Å². The number of aromatic nitrogens is 1. The molecule has 0 saturated heterocycles. The second kappa shape index (κ2) is 5.98. The molecule has 0 saturated carbocycles. The first kappa shape index (κ1) is 11.5. The van der Waals surface area contributed by atoms with Crippen LogP contribution in [0.2, 0.25) is 0 Å². The Balaban J connectivity index is 2.34. The highest BCUT2D eigenvalue weighted by Crippen LogP contribution is 2.05. The summed E-state index contributed by atoms with van der Waals surface area (Å²) in [7, 11) is 0. The van der Waals surface area contributed by atoms with E-state index in [0.29, 0.717) is 31.1 Å². The molecule has 0 aliphatic carbocycles. The third kappa shape index (κ3) is 4.42. The van der Waals surface area contributed by atoms with Gasteiger partial charge in [-0.05, 0) is 19.1 Å². The minimum absolute atomic E-state index is 0.110. The van der Waals surface area contributed by atoms with Gasteiger partial charge < -0.3 is 15.8 Å². The fourth-order valence-corrected chi connectivity index (χ4v) is 0.994. The summed E-state index contributed by atoms with van der Waals surface area (Å²) in [6, 6.07) is 3.35. The fourth-order valence-electron chi connectivity index (χ4n) is 0.994. The topological polar surface area (TPSA) is 77.2 Å². The standard InChI is InChI=1S/C10H15N3O2/c1-2-15-6-5-10(14)13-9-4-3-8(11)7-12-9/h3-4,7H,2,5-6,11H2,1H3,(H,12,13,14). The summed E-state index contributed by atoms with van der Waals surface area (Å²) in [5, 5.41) is 2.64. The molecule has 0 aromatic carbocycles. The molecule has 15 heavy (non-hydrogen) atoms. The van der Waals surface area contributed by atoms with Crippen molar-refractivity contribution in [3.8, 4) is 0 Å². The SMILES string of the molecule is CCOCCC(=O)Nc1ccc(N)cn1. The lowest BCUT2D eigenvalue weighted by Gasteiger charge is -2.04. The van der Waals surface area contributed by atoms with Crippen molar-refractivity contribution in [1.82, 2.24) is 4.98 Å². The number of hydrogen-bond donors (Lipinski definition) is 2. The van der Waals surface area contributed by atoms with Crippen molar-refractivity contribution in [3.63, 3.8) is 0 Å². The number of amides is 1. The van der Waals surface area contributed by atoms with Crippen LogP contribution in [0.5, 0.6) is 0 Å². The normalized spacial score (nSPS) is 9.93. The smallest absolute Gasteiger partial charge is 0.227 e. The third-order valence-electron chi connectivity index (χ3n) is 1.73. The maximum Gasteiger partial charge on any atom is 0.227 e. The lowest BCUT2D eigenvalue weighted by molar-refractivity contribution is -0.117. The lowest BCUT2D eigenvalue weighted by Crippen LogP contribution is -2.14. The molecule has 0 aliphatic heterocycles. The van der Waals surface area contributed by atoms with Gasteiger partial charge in [-0.3, -0.25) is 4.79 Å². The number of nitrogens with two attached hydrogens (primary N) is 1. The molecule has 3 N–H and O–H groups in total. The second-order valence-electron chi connectivity index (χ2n) is 2.97. The average Bonchev–Trinajstić information content (AvgIpc) is 2.22. The Morgan fingerprint density at radius 2 is 2.40 bits per heavy atom. The Morgan fingerprint density at radius 3 is 3.00 bits per heavy atom. The zero-order chi connectivity index (χ0) is 11.1. The lowest BCUT2D eigenvalue weighted by atomic mass is 10.4. The fraction of sp³-hybridized carbons (Fsp3) is 0.400. The van der Waals surface area contributed by atoms with E-state index >= 15 is 0 Å². The van der Waals surface area contributed by atoms with Crippen molar-refractivity contribution in [1.29, 1.82) is 0 Å². The molecule has 0 spiro atoms. The van der Waals surface area contributed by atoms with Gasteiger partial charge in [-0.25, -0.2) is 4.98 Å². The first-order chi connectivity index (χ1) is 7.22. The molecule has 0 fully saturated rings. The van der Waals surface area contributed by atoms with Crippen LogP contribution in [0, 0.1) is 0 Å². The summed E-state index contributed by atoms with van der Waals surface area (Å²) in [5.41, 5.74) is 6.03. The first-order valence-electron chi connectivity index (χ1n) is 4.81. The minimum atomic E-state index is -0.110. The van der Waals surface area contributed by atoms with E-state index in [-0.39, 0.29) is 5.91 Å². The van der Waals surface area contributed by atoms with Gasteiger partial charge in [0.05, 0.1) is 24.9 Å². The van der Waals surface area contributed by atoms with Crippen LogP contribution >= 0.6 is 0 Å². The van der Waals surface area contributed by atoms with Crippen molar-refractivity contribution in [2.45, 2.75) is 13.3 Å². The Bertz CT molecular complexity index is 311.